The zero-order valence-electron chi connectivity index (χ0n) is 16.6. The van der Waals surface area contributed by atoms with Crippen molar-refractivity contribution < 1.29 is 51.0 Å². The fourth-order valence-corrected chi connectivity index (χ4v) is 6.03. The minimum absolute atomic E-state index is 0. The summed E-state index contributed by atoms with van der Waals surface area (Å²) in [5.74, 6) is 0.381. The zero-order valence-corrected chi connectivity index (χ0v) is 23.8. The molecule has 157 valence electrons. The molecule has 3 aromatic carbocycles. The topological polar surface area (TPSA) is 0 Å². The molecular weight excluding hydrogens is 573 g/mol. The van der Waals surface area contributed by atoms with E-state index in [1.54, 1.807) is 0 Å². The largest absolute Gasteiger partial charge is 3.00 e. The first-order valence-electron chi connectivity index (χ1n) is 9.44. The molecule has 0 aromatic heterocycles. The van der Waals surface area contributed by atoms with E-state index in [1.165, 1.54) is 38.6 Å². The number of rotatable bonds is 6. The molecular formula is C23H22Cl5SiZr. The van der Waals surface area contributed by atoms with E-state index in [0.717, 1.165) is 25.3 Å². The van der Waals surface area contributed by atoms with E-state index < -0.39 is 6.00 Å². The van der Waals surface area contributed by atoms with Crippen molar-refractivity contribution in [2.24, 2.45) is 0 Å². The number of fused-ring (bicyclic) bond motifs is 2. The molecule has 0 saturated heterocycles. The average Bonchev–Trinajstić information content (AvgIpc) is 3.16. The second kappa shape index (κ2) is 12.0. The van der Waals surface area contributed by atoms with Crippen LogP contribution in [0.2, 0.25) is 6.04 Å². The van der Waals surface area contributed by atoms with Gasteiger partial charge in [-0.3, -0.25) is 0 Å². The Balaban J connectivity index is 0.00000150. The van der Waals surface area contributed by atoms with Crippen molar-refractivity contribution in [3.63, 3.8) is 0 Å². The standard InChI is InChI=1S/C23H22Cl3Si.2ClH.Zr/c1-16-12-19-7-2-3-8-22(19)23(16)21-14-18-10-9-17(13-20(18)15-21)6-4-5-11-27(24,25)26;;;/h2-3,7-10,12-15,23H,4-6,11H2,1H3;2*1H;/q-1;;;+3/p-2. The number of aryl methyl sites for hydroxylation is 1. The van der Waals surface area contributed by atoms with Crippen LogP contribution >= 0.6 is 33.2 Å². The molecule has 1 aliphatic rings. The Hall–Kier alpha value is 0.340. The summed E-state index contributed by atoms with van der Waals surface area (Å²) < 4.78 is 0. The summed E-state index contributed by atoms with van der Waals surface area (Å²) in [6.45, 7) is 2.24. The Morgan fingerprint density at radius 3 is 2.43 bits per heavy atom. The normalized spacial score (nSPS) is 14.9. The molecule has 0 amide bonds. The molecule has 1 aliphatic carbocycles. The van der Waals surface area contributed by atoms with E-state index in [4.69, 9.17) is 33.2 Å². The average molecular weight is 595 g/mol. The van der Waals surface area contributed by atoms with Gasteiger partial charge in [0.25, 0.3) is 0 Å². The molecule has 3 aromatic rings. The monoisotopic (exact) mass is 591 g/mol. The maximum Gasteiger partial charge on any atom is 3.00 e. The van der Waals surface area contributed by atoms with Crippen molar-refractivity contribution in [2.75, 3.05) is 0 Å². The van der Waals surface area contributed by atoms with Gasteiger partial charge in [0.05, 0.1) is 0 Å². The summed E-state index contributed by atoms with van der Waals surface area (Å²) in [6.07, 6.45) is 5.40. The second-order valence-corrected chi connectivity index (χ2v) is 16.8. The first-order chi connectivity index (χ1) is 12.9. The molecule has 0 N–H and O–H groups in total. The van der Waals surface area contributed by atoms with Gasteiger partial charge in [-0.2, -0.15) is 6.07 Å². The van der Waals surface area contributed by atoms with E-state index >= 15 is 0 Å². The van der Waals surface area contributed by atoms with E-state index in [9.17, 15) is 0 Å². The van der Waals surface area contributed by atoms with Gasteiger partial charge in [-0.1, -0.05) is 60.4 Å². The Bertz CT molecular complexity index is 1010. The van der Waals surface area contributed by atoms with Crippen molar-refractivity contribution in [2.45, 2.75) is 38.1 Å². The van der Waals surface area contributed by atoms with Crippen molar-refractivity contribution in [3.05, 3.63) is 82.4 Å². The Labute approximate surface area is 225 Å². The third-order valence-electron chi connectivity index (χ3n) is 5.45. The van der Waals surface area contributed by atoms with Crippen LogP contribution < -0.4 is 24.8 Å². The molecule has 0 spiro atoms. The van der Waals surface area contributed by atoms with Gasteiger partial charge in [0, 0.05) is 5.92 Å². The molecule has 30 heavy (non-hydrogen) atoms. The summed E-state index contributed by atoms with van der Waals surface area (Å²) >= 11 is 17.9. The van der Waals surface area contributed by atoms with Gasteiger partial charge in [-0.15, -0.1) is 67.8 Å². The van der Waals surface area contributed by atoms with Crippen LogP contribution in [-0.2, 0) is 32.6 Å². The number of allylic oxidation sites excluding steroid dienone is 1. The van der Waals surface area contributed by atoms with Crippen LogP contribution in [0.4, 0.5) is 0 Å². The molecule has 0 fully saturated rings. The van der Waals surface area contributed by atoms with Gasteiger partial charge < -0.3 is 24.8 Å². The maximum absolute atomic E-state index is 5.97. The van der Waals surface area contributed by atoms with Gasteiger partial charge >= 0.3 is 32.2 Å². The fraction of sp³-hybridized carbons (Fsp3) is 0.261. The van der Waals surface area contributed by atoms with Crippen molar-refractivity contribution in [3.8, 4) is 0 Å². The first-order valence-corrected chi connectivity index (χ1v) is 14.7. The third-order valence-corrected chi connectivity index (χ3v) is 8.07. The van der Waals surface area contributed by atoms with Crippen LogP contribution in [0.15, 0.2) is 60.2 Å². The quantitative estimate of drug-likeness (QED) is 0.178. The number of benzene rings is 2. The molecule has 0 nitrogen and oxygen atoms in total. The number of unbranched alkanes of at least 4 members (excludes halogenated alkanes) is 1. The zero-order chi connectivity index (χ0) is 19.0. The van der Waals surface area contributed by atoms with Crippen LogP contribution in [-0.4, -0.2) is 6.00 Å². The molecule has 0 heterocycles. The minimum atomic E-state index is -2.48. The molecule has 1 atom stereocenters. The van der Waals surface area contributed by atoms with E-state index in [-0.39, 0.29) is 51.0 Å². The van der Waals surface area contributed by atoms with Crippen molar-refractivity contribution >= 4 is 56.1 Å². The van der Waals surface area contributed by atoms with Crippen LogP contribution in [0.1, 0.15) is 47.9 Å². The molecule has 7 heteroatoms. The molecule has 0 aliphatic heterocycles. The van der Waals surface area contributed by atoms with Crippen LogP contribution in [0, 0.1) is 0 Å². The van der Waals surface area contributed by atoms with Crippen LogP contribution in [0.3, 0.4) is 0 Å². The predicted molar refractivity (Wildman–Crippen MR) is 123 cm³/mol. The predicted octanol–water partition coefficient (Wildman–Crippen LogP) is 2.09. The number of halogens is 5. The summed E-state index contributed by atoms with van der Waals surface area (Å²) in [6, 6.07) is 18.5. The van der Waals surface area contributed by atoms with Crippen molar-refractivity contribution in [1.82, 2.24) is 0 Å². The number of hydrogen-bond acceptors (Lipinski definition) is 0. The summed E-state index contributed by atoms with van der Waals surface area (Å²) in [5.41, 5.74) is 6.94. The summed E-state index contributed by atoms with van der Waals surface area (Å²) in [5, 5.41) is 2.65. The smallest absolute Gasteiger partial charge is 1.00 e. The van der Waals surface area contributed by atoms with Gasteiger partial charge in [0.2, 0.25) is 0 Å². The van der Waals surface area contributed by atoms with Crippen LogP contribution in [0.25, 0.3) is 16.8 Å². The van der Waals surface area contributed by atoms with Crippen LogP contribution in [0.5, 0.6) is 0 Å². The molecule has 1 radical (unpaired) electrons. The number of hydrogen-bond donors (Lipinski definition) is 0. The van der Waals surface area contributed by atoms with Gasteiger partial charge in [0.15, 0.2) is 0 Å². The summed E-state index contributed by atoms with van der Waals surface area (Å²) in [4.78, 5) is 0. The van der Waals surface area contributed by atoms with Gasteiger partial charge in [-0.25, -0.2) is 0 Å². The van der Waals surface area contributed by atoms with Gasteiger partial charge in [0.1, 0.15) is 0 Å². The Kier molecular flexibility index (Phi) is 11.3. The molecule has 0 saturated carbocycles. The Morgan fingerprint density at radius 1 is 0.967 bits per heavy atom. The minimum Gasteiger partial charge on any atom is -1.00 e. The second-order valence-electron chi connectivity index (χ2n) is 7.52. The molecule has 1 unspecified atom stereocenters. The molecule has 4 rings (SSSR count). The van der Waals surface area contributed by atoms with E-state index in [0.29, 0.717) is 5.92 Å². The summed E-state index contributed by atoms with van der Waals surface area (Å²) in [7, 11) is 0. The first kappa shape index (κ1) is 28.4. The SMILES string of the molecule is CC1=Cc2ccccc2C1c1cc2ccc(CCCC[Si](Cl)(Cl)Cl)cc2[cH-]1.[Cl-].[Cl-].[Zr+3]. The van der Waals surface area contributed by atoms with E-state index in [2.05, 4.69) is 67.6 Å². The third kappa shape index (κ3) is 6.67. The van der Waals surface area contributed by atoms with E-state index in [1.807, 2.05) is 0 Å². The maximum atomic E-state index is 5.97. The van der Waals surface area contributed by atoms with Crippen molar-refractivity contribution in [1.29, 1.82) is 0 Å². The molecule has 0 bridgehead atoms. The Morgan fingerprint density at radius 2 is 1.70 bits per heavy atom. The fourth-order valence-electron chi connectivity index (χ4n) is 4.18. The van der Waals surface area contributed by atoms with Gasteiger partial charge in [-0.05, 0) is 30.5 Å².